The van der Waals surface area contributed by atoms with Crippen LogP contribution in [0, 0.1) is 5.92 Å². The van der Waals surface area contributed by atoms with E-state index in [9.17, 15) is 4.79 Å². The molecule has 1 aliphatic carbocycles. The summed E-state index contributed by atoms with van der Waals surface area (Å²) in [6.45, 7) is 2.02. The molecule has 110 valence electrons. The Balaban J connectivity index is 1.97. The van der Waals surface area contributed by atoms with Crippen LogP contribution >= 0.6 is 15.9 Å². The number of nitrogens with two attached hydrogens (primary N) is 1. The van der Waals surface area contributed by atoms with Crippen molar-refractivity contribution >= 4 is 21.8 Å². The Bertz CT molecular complexity index is 446. The number of benzene rings is 1. The molecule has 20 heavy (non-hydrogen) atoms. The molecule has 0 heterocycles. The number of hydrogen-bond acceptors (Lipinski definition) is 2. The van der Waals surface area contributed by atoms with E-state index in [-0.39, 0.29) is 23.9 Å². The van der Waals surface area contributed by atoms with E-state index >= 15 is 0 Å². The highest BCUT2D eigenvalue weighted by molar-refractivity contribution is 9.10. The van der Waals surface area contributed by atoms with Crippen LogP contribution < -0.4 is 11.1 Å². The Morgan fingerprint density at radius 2 is 1.90 bits per heavy atom. The van der Waals surface area contributed by atoms with Gasteiger partial charge in [0.25, 0.3) is 0 Å². The van der Waals surface area contributed by atoms with Gasteiger partial charge in [0.2, 0.25) is 5.91 Å². The van der Waals surface area contributed by atoms with Gasteiger partial charge in [0.05, 0.1) is 12.0 Å². The van der Waals surface area contributed by atoms with Gasteiger partial charge in [-0.15, -0.1) is 0 Å². The van der Waals surface area contributed by atoms with Crippen molar-refractivity contribution in [3.8, 4) is 0 Å². The molecule has 2 rings (SSSR count). The van der Waals surface area contributed by atoms with Gasteiger partial charge < -0.3 is 11.1 Å². The second-order valence-corrected chi connectivity index (χ2v) is 6.61. The standard InChI is InChI=1S/C16H23BrN2O/c1-11(12-7-9-13(17)10-8-12)19-16(20)14-5-3-2-4-6-15(14)18/h7-11,14-15H,2-6,18H2,1H3,(H,19,20)/t11-,14?,15?/m1/s1. The fraction of sp³-hybridized carbons (Fsp3) is 0.562. The minimum Gasteiger partial charge on any atom is -0.349 e. The van der Waals surface area contributed by atoms with E-state index in [0.717, 1.165) is 35.7 Å². The molecule has 3 N–H and O–H groups in total. The van der Waals surface area contributed by atoms with E-state index in [2.05, 4.69) is 21.2 Å². The van der Waals surface area contributed by atoms with Crippen molar-refractivity contribution in [2.75, 3.05) is 0 Å². The molecule has 0 radical (unpaired) electrons. The molecule has 1 amide bonds. The Kier molecular flexibility index (Phi) is 5.61. The lowest BCUT2D eigenvalue weighted by molar-refractivity contribution is -0.126. The summed E-state index contributed by atoms with van der Waals surface area (Å²) in [6, 6.07) is 8.08. The number of amides is 1. The van der Waals surface area contributed by atoms with Crippen molar-refractivity contribution in [3.63, 3.8) is 0 Å². The van der Waals surface area contributed by atoms with E-state index in [1.807, 2.05) is 31.2 Å². The van der Waals surface area contributed by atoms with Crippen LogP contribution in [-0.2, 0) is 4.79 Å². The minimum atomic E-state index is -0.0320. The lowest BCUT2D eigenvalue weighted by atomic mass is 9.94. The molecule has 0 aromatic heterocycles. The van der Waals surface area contributed by atoms with E-state index in [4.69, 9.17) is 5.73 Å². The van der Waals surface area contributed by atoms with Crippen molar-refractivity contribution in [1.82, 2.24) is 5.32 Å². The van der Waals surface area contributed by atoms with E-state index < -0.39 is 0 Å². The average molecular weight is 339 g/mol. The molecule has 2 unspecified atom stereocenters. The smallest absolute Gasteiger partial charge is 0.225 e. The summed E-state index contributed by atoms with van der Waals surface area (Å²) in [7, 11) is 0. The number of carbonyl (C=O) groups excluding carboxylic acids is 1. The summed E-state index contributed by atoms with van der Waals surface area (Å²) in [5.41, 5.74) is 7.26. The molecule has 1 saturated carbocycles. The second-order valence-electron chi connectivity index (χ2n) is 5.69. The zero-order chi connectivity index (χ0) is 14.5. The highest BCUT2D eigenvalue weighted by Gasteiger charge is 2.27. The first-order chi connectivity index (χ1) is 9.58. The zero-order valence-electron chi connectivity index (χ0n) is 11.9. The minimum absolute atomic E-state index is 0.00891. The zero-order valence-corrected chi connectivity index (χ0v) is 13.5. The molecule has 3 atom stereocenters. The molecule has 1 aromatic carbocycles. The van der Waals surface area contributed by atoms with Crippen LogP contribution in [0.1, 0.15) is 50.6 Å². The third-order valence-corrected chi connectivity index (χ3v) is 4.66. The highest BCUT2D eigenvalue weighted by Crippen LogP contribution is 2.24. The quantitative estimate of drug-likeness (QED) is 0.828. The first kappa shape index (κ1) is 15.5. The summed E-state index contributed by atoms with van der Waals surface area (Å²) in [4.78, 5) is 12.4. The molecule has 0 bridgehead atoms. The first-order valence-corrected chi connectivity index (χ1v) is 8.18. The Morgan fingerprint density at radius 1 is 1.25 bits per heavy atom. The number of nitrogens with one attached hydrogen (secondary N) is 1. The molecule has 0 spiro atoms. The molecule has 1 aromatic rings. The maximum Gasteiger partial charge on any atom is 0.225 e. The van der Waals surface area contributed by atoms with Gasteiger partial charge in [-0.05, 0) is 37.5 Å². The number of carbonyl (C=O) groups is 1. The van der Waals surface area contributed by atoms with Gasteiger partial charge in [-0.25, -0.2) is 0 Å². The van der Waals surface area contributed by atoms with E-state index in [1.165, 1.54) is 6.42 Å². The van der Waals surface area contributed by atoms with Gasteiger partial charge >= 0.3 is 0 Å². The van der Waals surface area contributed by atoms with Gasteiger partial charge in [0, 0.05) is 10.5 Å². The van der Waals surface area contributed by atoms with Gasteiger partial charge in [0.15, 0.2) is 0 Å². The molecule has 3 nitrogen and oxygen atoms in total. The van der Waals surface area contributed by atoms with Gasteiger partial charge in [-0.1, -0.05) is 47.3 Å². The largest absolute Gasteiger partial charge is 0.349 e. The monoisotopic (exact) mass is 338 g/mol. The van der Waals surface area contributed by atoms with Crippen LogP contribution in [0.5, 0.6) is 0 Å². The molecule has 1 fully saturated rings. The van der Waals surface area contributed by atoms with E-state index in [0.29, 0.717) is 0 Å². The van der Waals surface area contributed by atoms with Gasteiger partial charge in [-0.2, -0.15) is 0 Å². The predicted molar refractivity (Wildman–Crippen MR) is 85.3 cm³/mol. The van der Waals surface area contributed by atoms with Crippen molar-refractivity contribution in [3.05, 3.63) is 34.3 Å². The van der Waals surface area contributed by atoms with Gasteiger partial charge in [0.1, 0.15) is 0 Å². The highest BCUT2D eigenvalue weighted by atomic mass is 79.9. The van der Waals surface area contributed by atoms with Gasteiger partial charge in [-0.3, -0.25) is 4.79 Å². The number of rotatable bonds is 3. The van der Waals surface area contributed by atoms with Crippen molar-refractivity contribution < 1.29 is 4.79 Å². The maximum absolute atomic E-state index is 12.4. The van der Waals surface area contributed by atoms with E-state index in [1.54, 1.807) is 0 Å². The molecular weight excluding hydrogens is 316 g/mol. The van der Waals surface area contributed by atoms with Crippen LogP contribution in [0.2, 0.25) is 0 Å². The van der Waals surface area contributed by atoms with Crippen LogP contribution in [0.4, 0.5) is 0 Å². The summed E-state index contributed by atoms with van der Waals surface area (Å²) in [6.07, 6.45) is 5.33. The summed E-state index contributed by atoms with van der Waals surface area (Å²) >= 11 is 3.42. The number of hydrogen-bond donors (Lipinski definition) is 2. The maximum atomic E-state index is 12.4. The lowest BCUT2D eigenvalue weighted by Crippen LogP contribution is -2.42. The van der Waals surface area contributed by atoms with Crippen molar-refractivity contribution in [2.45, 2.75) is 51.1 Å². The molecule has 1 aliphatic rings. The third-order valence-electron chi connectivity index (χ3n) is 4.13. The van der Waals surface area contributed by atoms with Crippen LogP contribution in [-0.4, -0.2) is 11.9 Å². The summed E-state index contributed by atoms with van der Waals surface area (Å²) in [5.74, 6) is 0.0743. The fourth-order valence-corrected chi connectivity index (χ4v) is 3.08. The molecule has 4 heteroatoms. The van der Waals surface area contributed by atoms with Crippen molar-refractivity contribution in [1.29, 1.82) is 0 Å². The molecule has 0 aliphatic heterocycles. The average Bonchev–Trinajstić information content (AvgIpc) is 2.64. The second kappa shape index (κ2) is 7.23. The summed E-state index contributed by atoms with van der Waals surface area (Å²) < 4.78 is 1.05. The molecule has 0 saturated heterocycles. The predicted octanol–water partition coefficient (Wildman–Crippen LogP) is 3.53. The van der Waals surface area contributed by atoms with Crippen LogP contribution in [0.25, 0.3) is 0 Å². The first-order valence-electron chi connectivity index (χ1n) is 7.39. The normalized spacial score (nSPS) is 24.8. The van der Waals surface area contributed by atoms with Crippen molar-refractivity contribution in [2.24, 2.45) is 11.7 Å². The Morgan fingerprint density at radius 3 is 2.60 bits per heavy atom. The summed E-state index contributed by atoms with van der Waals surface area (Å²) in [5, 5.41) is 3.11. The molecular formula is C16H23BrN2O. The van der Waals surface area contributed by atoms with Crippen LogP contribution in [0.15, 0.2) is 28.7 Å². The number of halogens is 1. The third kappa shape index (κ3) is 4.06. The fourth-order valence-electron chi connectivity index (χ4n) is 2.82. The SMILES string of the molecule is C[C@@H](NC(=O)C1CCCCCC1N)c1ccc(Br)cc1. The van der Waals surface area contributed by atoms with Crippen LogP contribution in [0.3, 0.4) is 0 Å². The lowest BCUT2D eigenvalue weighted by Gasteiger charge is -2.23. The Labute approximate surface area is 129 Å². The topological polar surface area (TPSA) is 55.1 Å². The Hall–Kier alpha value is -0.870.